The van der Waals surface area contributed by atoms with Gasteiger partial charge in [0.15, 0.2) is 17.3 Å². The molecule has 9 heteroatoms. The van der Waals surface area contributed by atoms with Crippen LogP contribution in [0.25, 0.3) is 0 Å². The van der Waals surface area contributed by atoms with Crippen molar-refractivity contribution in [3.63, 3.8) is 0 Å². The monoisotopic (exact) mass is 393 g/mol. The molecule has 1 saturated heterocycles. The Labute approximate surface area is 164 Å². The van der Waals surface area contributed by atoms with Gasteiger partial charge in [-0.2, -0.15) is 0 Å². The summed E-state index contributed by atoms with van der Waals surface area (Å²) < 4.78 is 21.9. The summed E-state index contributed by atoms with van der Waals surface area (Å²) in [6.45, 7) is 7.74. The smallest absolute Gasteiger partial charge is 0.411 e. The van der Waals surface area contributed by atoms with Crippen LogP contribution in [-0.2, 0) is 20.9 Å². The maximum atomic E-state index is 12.4. The maximum absolute atomic E-state index is 12.4. The molecule has 0 radical (unpaired) electrons. The molecule has 2 aliphatic rings. The van der Waals surface area contributed by atoms with Gasteiger partial charge in [-0.25, -0.2) is 4.79 Å². The maximum Gasteiger partial charge on any atom is 0.411 e. The third kappa shape index (κ3) is 5.19. The minimum Gasteiger partial charge on any atom is -0.486 e. The zero-order valence-electron chi connectivity index (χ0n) is 16.5. The Morgan fingerprint density at radius 3 is 2.75 bits per heavy atom. The first-order valence-electron chi connectivity index (χ1n) is 9.25. The quantitative estimate of drug-likeness (QED) is 0.473. The Hall–Kier alpha value is -2.68. The van der Waals surface area contributed by atoms with Crippen molar-refractivity contribution in [2.24, 2.45) is 10.9 Å². The Kier molecular flexibility index (Phi) is 6.13. The van der Waals surface area contributed by atoms with Gasteiger partial charge in [0.05, 0.1) is 13.2 Å². The zero-order chi connectivity index (χ0) is 20.1. The number of hydrogen-bond donors (Lipinski definition) is 1. The number of amidine groups is 1. The van der Waals surface area contributed by atoms with Gasteiger partial charge >= 0.3 is 6.09 Å². The standard InChI is InChI=1S/C19H27N3O6/c1-19(2,3)28-18(23)22-6-7-24-12-14(22)17(20)21-27-11-13-4-5-15-16(10-13)26-9-8-25-15/h4-5,10,14H,6-9,11-12H2,1-3H3,(H2,20,21)/t14-/m0/s1. The van der Waals surface area contributed by atoms with Gasteiger partial charge in [0.1, 0.15) is 31.5 Å². The van der Waals surface area contributed by atoms with Crippen LogP contribution in [0.5, 0.6) is 11.5 Å². The second kappa shape index (κ2) is 8.55. The van der Waals surface area contributed by atoms with E-state index in [9.17, 15) is 4.79 Å². The van der Waals surface area contributed by atoms with Gasteiger partial charge in [0, 0.05) is 6.54 Å². The first-order valence-corrected chi connectivity index (χ1v) is 9.25. The highest BCUT2D eigenvalue weighted by Gasteiger charge is 2.33. The molecule has 2 aliphatic heterocycles. The molecular weight excluding hydrogens is 366 g/mol. The minimum absolute atomic E-state index is 0.156. The fourth-order valence-electron chi connectivity index (χ4n) is 2.81. The van der Waals surface area contributed by atoms with Gasteiger partial charge in [0.2, 0.25) is 0 Å². The molecule has 154 valence electrons. The van der Waals surface area contributed by atoms with Crippen LogP contribution in [0.1, 0.15) is 26.3 Å². The highest BCUT2D eigenvalue weighted by atomic mass is 16.6. The van der Waals surface area contributed by atoms with E-state index < -0.39 is 17.7 Å². The van der Waals surface area contributed by atoms with Crippen molar-refractivity contribution >= 4 is 11.9 Å². The summed E-state index contributed by atoms with van der Waals surface area (Å²) in [7, 11) is 0. The largest absolute Gasteiger partial charge is 0.486 e. The van der Waals surface area contributed by atoms with Crippen molar-refractivity contribution in [3.05, 3.63) is 23.8 Å². The number of rotatable bonds is 4. The molecule has 1 amide bonds. The molecule has 28 heavy (non-hydrogen) atoms. The number of nitrogens with zero attached hydrogens (tertiary/aromatic N) is 2. The second-order valence-corrected chi connectivity index (χ2v) is 7.53. The van der Waals surface area contributed by atoms with Crippen LogP contribution in [0.3, 0.4) is 0 Å². The summed E-state index contributed by atoms with van der Waals surface area (Å²) in [5.74, 6) is 1.55. The SMILES string of the molecule is CC(C)(C)OC(=O)N1CCOC[C@H]1C(N)=NOCc1ccc2c(c1)OCCO2. The van der Waals surface area contributed by atoms with Gasteiger partial charge in [-0.05, 0) is 38.5 Å². The molecule has 0 spiro atoms. The van der Waals surface area contributed by atoms with Crippen molar-refractivity contribution in [3.8, 4) is 11.5 Å². The molecule has 0 bridgehead atoms. The number of amides is 1. The summed E-state index contributed by atoms with van der Waals surface area (Å²) in [6, 6.07) is 5.01. The molecule has 2 N–H and O–H groups in total. The van der Waals surface area contributed by atoms with Crippen molar-refractivity contribution in [1.82, 2.24) is 4.90 Å². The first kappa shape index (κ1) is 20.1. The summed E-state index contributed by atoms with van der Waals surface area (Å²) in [5.41, 5.74) is 6.34. The third-order valence-electron chi connectivity index (χ3n) is 4.11. The summed E-state index contributed by atoms with van der Waals surface area (Å²) in [5, 5.41) is 3.98. The van der Waals surface area contributed by atoms with Crippen LogP contribution < -0.4 is 15.2 Å². The van der Waals surface area contributed by atoms with E-state index in [2.05, 4.69) is 5.16 Å². The summed E-state index contributed by atoms with van der Waals surface area (Å²) >= 11 is 0. The van der Waals surface area contributed by atoms with E-state index in [0.29, 0.717) is 37.9 Å². The molecule has 0 saturated carbocycles. The van der Waals surface area contributed by atoms with Crippen molar-refractivity contribution in [2.75, 3.05) is 33.0 Å². The van der Waals surface area contributed by atoms with Gasteiger partial charge in [0.25, 0.3) is 0 Å². The minimum atomic E-state index is -0.597. The number of oxime groups is 1. The number of nitrogens with two attached hydrogens (primary N) is 1. The van der Waals surface area contributed by atoms with E-state index in [-0.39, 0.29) is 19.0 Å². The van der Waals surface area contributed by atoms with E-state index in [1.807, 2.05) is 39.0 Å². The van der Waals surface area contributed by atoms with Crippen LogP contribution in [0.2, 0.25) is 0 Å². The van der Waals surface area contributed by atoms with Crippen LogP contribution in [0.15, 0.2) is 23.4 Å². The van der Waals surface area contributed by atoms with Gasteiger partial charge in [-0.15, -0.1) is 0 Å². The van der Waals surface area contributed by atoms with Gasteiger partial charge < -0.3 is 29.5 Å². The summed E-state index contributed by atoms with van der Waals surface area (Å²) in [6.07, 6.45) is -0.453. The first-order chi connectivity index (χ1) is 13.3. The van der Waals surface area contributed by atoms with Crippen LogP contribution in [-0.4, -0.2) is 61.4 Å². The average molecular weight is 393 g/mol. The zero-order valence-corrected chi connectivity index (χ0v) is 16.5. The number of ether oxygens (including phenoxy) is 4. The fourth-order valence-corrected chi connectivity index (χ4v) is 2.81. The molecule has 3 rings (SSSR count). The normalized spacial score (nSPS) is 19.9. The number of morpholine rings is 1. The molecule has 1 fully saturated rings. The number of hydrogen-bond acceptors (Lipinski definition) is 7. The Morgan fingerprint density at radius 1 is 1.25 bits per heavy atom. The molecule has 1 atom stereocenters. The van der Waals surface area contributed by atoms with E-state index >= 15 is 0 Å². The highest BCUT2D eigenvalue weighted by molar-refractivity contribution is 5.88. The molecule has 0 aliphatic carbocycles. The van der Waals surface area contributed by atoms with Crippen molar-refractivity contribution in [2.45, 2.75) is 39.0 Å². The number of carbonyl (C=O) groups excluding carboxylic acids is 1. The van der Waals surface area contributed by atoms with E-state index in [4.69, 9.17) is 29.5 Å². The molecule has 9 nitrogen and oxygen atoms in total. The lowest BCUT2D eigenvalue weighted by molar-refractivity contribution is -0.0190. The lowest BCUT2D eigenvalue weighted by Gasteiger charge is -2.35. The number of fused-ring (bicyclic) bond motifs is 1. The molecule has 0 unspecified atom stereocenters. The summed E-state index contributed by atoms with van der Waals surface area (Å²) in [4.78, 5) is 19.3. The lowest BCUT2D eigenvalue weighted by atomic mass is 10.2. The van der Waals surface area contributed by atoms with Gasteiger partial charge in [-0.1, -0.05) is 11.2 Å². The van der Waals surface area contributed by atoms with Crippen molar-refractivity contribution in [1.29, 1.82) is 0 Å². The number of carbonyl (C=O) groups is 1. The molecule has 1 aromatic carbocycles. The average Bonchev–Trinajstić information content (AvgIpc) is 2.66. The highest BCUT2D eigenvalue weighted by Crippen LogP contribution is 2.30. The lowest BCUT2D eigenvalue weighted by Crippen LogP contribution is -2.55. The van der Waals surface area contributed by atoms with E-state index in [1.165, 1.54) is 4.90 Å². The van der Waals surface area contributed by atoms with E-state index in [1.54, 1.807) is 0 Å². The van der Waals surface area contributed by atoms with Crippen LogP contribution in [0.4, 0.5) is 4.79 Å². The van der Waals surface area contributed by atoms with E-state index in [0.717, 1.165) is 5.56 Å². The van der Waals surface area contributed by atoms with Crippen LogP contribution in [0, 0.1) is 0 Å². The Bertz CT molecular complexity index is 731. The fraction of sp³-hybridized carbons (Fsp3) is 0.579. The number of benzene rings is 1. The molecule has 0 aromatic heterocycles. The second-order valence-electron chi connectivity index (χ2n) is 7.53. The molecule has 2 heterocycles. The third-order valence-corrected chi connectivity index (χ3v) is 4.11. The Balaban J connectivity index is 1.60. The predicted octanol–water partition coefficient (Wildman–Crippen LogP) is 1.88. The topological polar surface area (TPSA) is 105 Å². The van der Waals surface area contributed by atoms with Crippen LogP contribution >= 0.6 is 0 Å². The van der Waals surface area contributed by atoms with Crippen molar-refractivity contribution < 1.29 is 28.6 Å². The Morgan fingerprint density at radius 2 is 2.00 bits per heavy atom. The molecular formula is C19H27N3O6. The molecule has 1 aromatic rings. The van der Waals surface area contributed by atoms with Gasteiger partial charge in [-0.3, -0.25) is 4.90 Å². The predicted molar refractivity (Wildman–Crippen MR) is 101 cm³/mol.